The summed E-state index contributed by atoms with van der Waals surface area (Å²) in [5.41, 5.74) is 0. The summed E-state index contributed by atoms with van der Waals surface area (Å²) in [6, 6.07) is 0. The Labute approximate surface area is 89.0 Å². The van der Waals surface area contributed by atoms with Crippen LogP contribution in [0, 0.1) is 0 Å². The van der Waals surface area contributed by atoms with Gasteiger partial charge in [-0.15, -0.1) is 0 Å². The topological polar surface area (TPSA) is 60.9 Å². The molecule has 0 bridgehead atoms. The van der Waals surface area contributed by atoms with Crippen molar-refractivity contribution in [1.29, 1.82) is 0 Å². The van der Waals surface area contributed by atoms with Crippen LogP contribution < -0.4 is 0 Å². The SMILES string of the molecule is C=CC(=O)N1CCN(CCC(=O)O)CC1. The molecule has 0 aromatic carbocycles. The predicted molar refractivity (Wildman–Crippen MR) is 55.5 cm³/mol. The highest BCUT2D eigenvalue weighted by molar-refractivity contribution is 5.87. The van der Waals surface area contributed by atoms with Gasteiger partial charge in [-0.3, -0.25) is 14.5 Å². The van der Waals surface area contributed by atoms with Crippen LogP contribution in [-0.2, 0) is 9.59 Å². The van der Waals surface area contributed by atoms with E-state index < -0.39 is 5.97 Å². The third kappa shape index (κ3) is 3.71. The first-order valence-electron chi connectivity index (χ1n) is 4.99. The van der Waals surface area contributed by atoms with Crippen molar-refractivity contribution < 1.29 is 14.7 Å². The number of carboxylic acid groups (broad SMARTS) is 1. The molecule has 84 valence electrons. The highest BCUT2D eigenvalue weighted by Gasteiger charge is 2.19. The van der Waals surface area contributed by atoms with Crippen molar-refractivity contribution in [3.63, 3.8) is 0 Å². The minimum Gasteiger partial charge on any atom is -0.481 e. The molecule has 15 heavy (non-hydrogen) atoms. The summed E-state index contributed by atoms with van der Waals surface area (Å²) < 4.78 is 0. The third-order valence-corrected chi connectivity index (χ3v) is 2.50. The van der Waals surface area contributed by atoms with Crippen molar-refractivity contribution in [1.82, 2.24) is 9.80 Å². The Kier molecular flexibility index (Phi) is 4.30. The van der Waals surface area contributed by atoms with E-state index in [1.807, 2.05) is 0 Å². The molecule has 0 aliphatic carbocycles. The number of hydrogen-bond acceptors (Lipinski definition) is 3. The minimum atomic E-state index is -0.778. The normalized spacial score (nSPS) is 17.5. The zero-order valence-corrected chi connectivity index (χ0v) is 8.69. The van der Waals surface area contributed by atoms with Crippen molar-refractivity contribution in [3.8, 4) is 0 Å². The van der Waals surface area contributed by atoms with Crippen LogP contribution in [0.4, 0.5) is 0 Å². The number of amides is 1. The monoisotopic (exact) mass is 212 g/mol. The Morgan fingerprint density at radius 3 is 2.33 bits per heavy atom. The standard InChI is InChI=1S/C10H16N2O3/c1-2-9(13)12-7-5-11(6-8-12)4-3-10(14)15/h2H,1,3-8H2,(H,14,15). The van der Waals surface area contributed by atoms with Crippen molar-refractivity contribution in [2.24, 2.45) is 0 Å². The minimum absolute atomic E-state index is 0.0483. The molecule has 1 aliphatic heterocycles. The molecule has 0 aromatic rings. The van der Waals surface area contributed by atoms with Gasteiger partial charge in [-0.25, -0.2) is 0 Å². The number of rotatable bonds is 4. The van der Waals surface area contributed by atoms with Gasteiger partial charge < -0.3 is 10.0 Å². The van der Waals surface area contributed by atoms with E-state index in [0.29, 0.717) is 19.6 Å². The second kappa shape index (κ2) is 5.50. The number of aliphatic carboxylic acids is 1. The van der Waals surface area contributed by atoms with Gasteiger partial charge in [0.2, 0.25) is 5.91 Å². The number of carbonyl (C=O) groups excluding carboxylic acids is 1. The average Bonchev–Trinajstić information content (AvgIpc) is 2.26. The van der Waals surface area contributed by atoms with E-state index in [0.717, 1.165) is 13.1 Å². The fraction of sp³-hybridized carbons (Fsp3) is 0.600. The lowest BCUT2D eigenvalue weighted by Crippen LogP contribution is -2.48. The summed E-state index contributed by atoms with van der Waals surface area (Å²) in [5, 5.41) is 8.52. The van der Waals surface area contributed by atoms with Gasteiger partial charge in [-0.05, 0) is 6.08 Å². The van der Waals surface area contributed by atoms with E-state index in [9.17, 15) is 9.59 Å². The van der Waals surface area contributed by atoms with Crippen LogP contribution >= 0.6 is 0 Å². The van der Waals surface area contributed by atoms with E-state index in [2.05, 4.69) is 11.5 Å². The first-order valence-corrected chi connectivity index (χ1v) is 4.99. The third-order valence-electron chi connectivity index (χ3n) is 2.50. The molecule has 1 amide bonds. The molecule has 0 unspecified atom stereocenters. The number of hydrogen-bond donors (Lipinski definition) is 1. The van der Waals surface area contributed by atoms with Gasteiger partial charge in [0, 0.05) is 32.7 Å². The van der Waals surface area contributed by atoms with Gasteiger partial charge >= 0.3 is 5.97 Å². The molecule has 1 heterocycles. The Bertz CT molecular complexity index is 257. The van der Waals surface area contributed by atoms with Gasteiger partial charge in [0.1, 0.15) is 0 Å². The molecule has 5 nitrogen and oxygen atoms in total. The Morgan fingerprint density at radius 2 is 1.87 bits per heavy atom. The summed E-state index contributed by atoms with van der Waals surface area (Å²) in [7, 11) is 0. The molecule has 1 saturated heterocycles. The lowest BCUT2D eigenvalue weighted by Gasteiger charge is -2.33. The van der Waals surface area contributed by atoms with Gasteiger partial charge in [-0.2, -0.15) is 0 Å². The van der Waals surface area contributed by atoms with Crippen LogP contribution in [0.1, 0.15) is 6.42 Å². The first-order chi connectivity index (χ1) is 7.13. The Hall–Kier alpha value is -1.36. The van der Waals surface area contributed by atoms with Crippen LogP contribution in [0.2, 0.25) is 0 Å². The fourth-order valence-electron chi connectivity index (χ4n) is 1.57. The van der Waals surface area contributed by atoms with Crippen molar-refractivity contribution in [3.05, 3.63) is 12.7 Å². The van der Waals surface area contributed by atoms with Crippen LogP contribution in [0.3, 0.4) is 0 Å². The predicted octanol–water partition coefficient (Wildman–Crippen LogP) is -0.209. The highest BCUT2D eigenvalue weighted by Crippen LogP contribution is 2.03. The maximum atomic E-state index is 11.2. The van der Waals surface area contributed by atoms with E-state index >= 15 is 0 Å². The van der Waals surface area contributed by atoms with Gasteiger partial charge in [0.25, 0.3) is 0 Å². The van der Waals surface area contributed by atoms with Crippen molar-refractivity contribution in [2.45, 2.75) is 6.42 Å². The molecular formula is C10H16N2O3. The number of piperazine rings is 1. The molecule has 0 radical (unpaired) electrons. The van der Waals surface area contributed by atoms with Gasteiger partial charge in [-0.1, -0.05) is 6.58 Å². The maximum absolute atomic E-state index is 11.2. The van der Waals surface area contributed by atoms with Gasteiger partial charge in [0.15, 0.2) is 0 Å². The second-order valence-electron chi connectivity index (χ2n) is 3.51. The molecule has 0 saturated carbocycles. The molecule has 0 spiro atoms. The van der Waals surface area contributed by atoms with E-state index in [1.165, 1.54) is 6.08 Å². The fourth-order valence-corrected chi connectivity index (χ4v) is 1.57. The molecule has 1 aliphatic rings. The summed E-state index contributed by atoms with van der Waals surface area (Å²) in [6.45, 7) is 6.79. The quantitative estimate of drug-likeness (QED) is 0.655. The summed E-state index contributed by atoms with van der Waals surface area (Å²) in [4.78, 5) is 25.4. The average molecular weight is 212 g/mol. The molecule has 0 atom stereocenters. The Balaban J connectivity index is 2.26. The summed E-state index contributed by atoms with van der Waals surface area (Å²) in [6.07, 6.45) is 1.47. The van der Waals surface area contributed by atoms with Crippen LogP contribution in [0.25, 0.3) is 0 Å². The van der Waals surface area contributed by atoms with Crippen molar-refractivity contribution >= 4 is 11.9 Å². The first kappa shape index (κ1) is 11.7. The summed E-state index contributed by atoms with van der Waals surface area (Å²) >= 11 is 0. The number of nitrogens with zero attached hydrogens (tertiary/aromatic N) is 2. The Morgan fingerprint density at radius 1 is 1.27 bits per heavy atom. The molecule has 1 rings (SSSR count). The van der Waals surface area contributed by atoms with Gasteiger partial charge in [0.05, 0.1) is 6.42 Å². The molecule has 1 N–H and O–H groups in total. The molecular weight excluding hydrogens is 196 g/mol. The lowest BCUT2D eigenvalue weighted by atomic mass is 10.3. The highest BCUT2D eigenvalue weighted by atomic mass is 16.4. The second-order valence-corrected chi connectivity index (χ2v) is 3.51. The van der Waals surface area contributed by atoms with E-state index in [1.54, 1.807) is 4.90 Å². The molecule has 1 fully saturated rings. The van der Waals surface area contributed by atoms with E-state index in [-0.39, 0.29) is 12.3 Å². The zero-order valence-electron chi connectivity index (χ0n) is 8.69. The lowest BCUT2D eigenvalue weighted by molar-refractivity contribution is -0.138. The van der Waals surface area contributed by atoms with Crippen LogP contribution in [0.15, 0.2) is 12.7 Å². The number of carbonyl (C=O) groups is 2. The largest absolute Gasteiger partial charge is 0.481 e. The summed E-state index contributed by atoms with van der Waals surface area (Å²) in [5.74, 6) is -0.826. The molecule has 5 heteroatoms. The van der Waals surface area contributed by atoms with Crippen LogP contribution in [-0.4, -0.2) is 59.5 Å². The molecule has 0 aromatic heterocycles. The van der Waals surface area contributed by atoms with Crippen molar-refractivity contribution in [2.75, 3.05) is 32.7 Å². The van der Waals surface area contributed by atoms with Crippen LogP contribution in [0.5, 0.6) is 0 Å². The number of carboxylic acids is 1. The zero-order chi connectivity index (χ0) is 11.3. The van der Waals surface area contributed by atoms with E-state index in [4.69, 9.17) is 5.11 Å². The maximum Gasteiger partial charge on any atom is 0.304 e. The smallest absolute Gasteiger partial charge is 0.304 e.